The largest absolute Gasteiger partial charge is 0.358 e. The lowest BCUT2D eigenvalue weighted by Gasteiger charge is -2.37. The van der Waals surface area contributed by atoms with Crippen LogP contribution >= 0.6 is 0 Å². The Morgan fingerprint density at radius 2 is 1.72 bits per heavy atom. The SMILES string of the molecule is Cc1[nH]c2ccccc2c1C(=O)[C@H](C)N1CCN(C/C=C/c2ccccc2)CC1. The summed E-state index contributed by atoms with van der Waals surface area (Å²) in [5, 5.41) is 1.03. The first-order valence-corrected chi connectivity index (χ1v) is 10.4. The van der Waals surface area contributed by atoms with Gasteiger partial charge in [0.25, 0.3) is 0 Å². The first-order chi connectivity index (χ1) is 14.1. The number of nitrogens with one attached hydrogen (secondary N) is 1. The van der Waals surface area contributed by atoms with Gasteiger partial charge in [-0.1, -0.05) is 60.7 Å². The number of para-hydroxylation sites is 1. The van der Waals surface area contributed by atoms with Crippen molar-refractivity contribution in [1.29, 1.82) is 0 Å². The standard InChI is InChI=1S/C25H29N3O/c1-19-24(22-12-6-7-13-23(22)26-19)25(29)20(2)28-17-15-27(16-18-28)14-8-11-21-9-4-3-5-10-21/h3-13,20,26H,14-18H2,1-2H3/b11-8+/t20-/m0/s1. The Morgan fingerprint density at radius 3 is 2.48 bits per heavy atom. The molecule has 150 valence electrons. The zero-order valence-corrected chi connectivity index (χ0v) is 17.3. The molecule has 0 radical (unpaired) electrons. The van der Waals surface area contributed by atoms with Crippen LogP contribution in [0.25, 0.3) is 17.0 Å². The number of ketones is 1. The molecule has 4 rings (SSSR count). The van der Waals surface area contributed by atoms with Crippen molar-refractivity contribution < 1.29 is 4.79 Å². The van der Waals surface area contributed by atoms with E-state index in [1.54, 1.807) is 0 Å². The Hall–Kier alpha value is -2.69. The molecule has 0 saturated carbocycles. The highest BCUT2D eigenvalue weighted by atomic mass is 16.1. The fourth-order valence-corrected chi connectivity index (χ4v) is 4.20. The number of piperazine rings is 1. The molecule has 0 amide bonds. The maximum atomic E-state index is 13.3. The molecule has 1 aromatic heterocycles. The minimum Gasteiger partial charge on any atom is -0.358 e. The summed E-state index contributed by atoms with van der Waals surface area (Å²) in [6.45, 7) is 8.83. The molecule has 4 heteroatoms. The molecule has 2 aromatic carbocycles. The Bertz CT molecular complexity index is 997. The van der Waals surface area contributed by atoms with Gasteiger partial charge in [0.15, 0.2) is 5.78 Å². The smallest absolute Gasteiger partial charge is 0.182 e. The molecule has 4 nitrogen and oxygen atoms in total. The molecule has 1 aliphatic rings. The topological polar surface area (TPSA) is 39.3 Å². The van der Waals surface area contributed by atoms with E-state index < -0.39 is 0 Å². The van der Waals surface area contributed by atoms with E-state index >= 15 is 0 Å². The third kappa shape index (κ3) is 4.34. The van der Waals surface area contributed by atoms with Gasteiger partial charge in [0.2, 0.25) is 0 Å². The van der Waals surface area contributed by atoms with E-state index in [-0.39, 0.29) is 11.8 Å². The maximum Gasteiger partial charge on any atom is 0.182 e. The third-order valence-corrected chi connectivity index (χ3v) is 5.95. The zero-order valence-electron chi connectivity index (χ0n) is 17.3. The number of rotatable bonds is 6. The van der Waals surface area contributed by atoms with Gasteiger partial charge in [-0.3, -0.25) is 14.6 Å². The van der Waals surface area contributed by atoms with Gasteiger partial charge in [-0.05, 0) is 25.5 Å². The molecule has 1 aliphatic heterocycles. The van der Waals surface area contributed by atoms with Crippen LogP contribution in [0.4, 0.5) is 0 Å². The highest BCUT2D eigenvalue weighted by Gasteiger charge is 2.28. The molecule has 1 N–H and O–H groups in total. The zero-order chi connectivity index (χ0) is 20.2. The van der Waals surface area contributed by atoms with Crippen molar-refractivity contribution in [3.63, 3.8) is 0 Å². The van der Waals surface area contributed by atoms with Gasteiger partial charge in [-0.15, -0.1) is 0 Å². The number of hydrogen-bond acceptors (Lipinski definition) is 3. The molecule has 1 saturated heterocycles. The lowest BCUT2D eigenvalue weighted by molar-refractivity contribution is 0.0720. The molecular formula is C25H29N3O. The molecule has 3 aromatic rings. The number of Topliss-reactive ketones (excluding diaryl/α,β-unsaturated/α-hetero) is 1. The van der Waals surface area contributed by atoms with Crippen molar-refractivity contribution in [3.05, 3.63) is 77.5 Å². The first kappa shape index (κ1) is 19.6. The number of carbonyl (C=O) groups is 1. The lowest BCUT2D eigenvalue weighted by Crippen LogP contribution is -2.51. The second kappa shape index (κ2) is 8.76. The van der Waals surface area contributed by atoms with Gasteiger partial charge in [-0.25, -0.2) is 0 Å². The van der Waals surface area contributed by atoms with Gasteiger partial charge in [-0.2, -0.15) is 0 Å². The van der Waals surface area contributed by atoms with Gasteiger partial charge in [0.1, 0.15) is 0 Å². The summed E-state index contributed by atoms with van der Waals surface area (Å²) in [5.74, 6) is 0.220. The minimum atomic E-state index is -0.102. The first-order valence-electron chi connectivity index (χ1n) is 10.4. The van der Waals surface area contributed by atoms with E-state index in [2.05, 4.69) is 58.1 Å². The fourth-order valence-electron chi connectivity index (χ4n) is 4.20. The second-order valence-electron chi connectivity index (χ2n) is 7.86. The van der Waals surface area contributed by atoms with Crippen LogP contribution in [0, 0.1) is 6.92 Å². The summed E-state index contributed by atoms with van der Waals surface area (Å²) >= 11 is 0. The summed E-state index contributed by atoms with van der Waals surface area (Å²) < 4.78 is 0. The van der Waals surface area contributed by atoms with Gasteiger partial charge in [0, 0.05) is 54.9 Å². The normalized spacial score (nSPS) is 17.2. The molecule has 2 heterocycles. The number of nitrogens with zero attached hydrogens (tertiary/aromatic N) is 2. The number of aryl methyl sites for hydroxylation is 1. The highest BCUT2D eigenvalue weighted by molar-refractivity contribution is 6.11. The number of aromatic nitrogens is 1. The summed E-state index contributed by atoms with van der Waals surface area (Å²) in [4.78, 5) is 21.4. The van der Waals surface area contributed by atoms with Gasteiger partial charge in [0.05, 0.1) is 6.04 Å². The highest BCUT2D eigenvalue weighted by Crippen LogP contribution is 2.24. The Balaban J connectivity index is 1.35. The van der Waals surface area contributed by atoms with E-state index in [1.807, 2.05) is 37.3 Å². The maximum absolute atomic E-state index is 13.3. The number of benzene rings is 2. The molecule has 1 atom stereocenters. The van der Waals surface area contributed by atoms with Crippen LogP contribution in [-0.4, -0.2) is 59.3 Å². The van der Waals surface area contributed by atoms with Crippen molar-refractivity contribution in [2.45, 2.75) is 19.9 Å². The molecule has 0 bridgehead atoms. The van der Waals surface area contributed by atoms with Crippen LogP contribution in [0.15, 0.2) is 60.7 Å². The van der Waals surface area contributed by atoms with Crippen LogP contribution in [-0.2, 0) is 0 Å². The van der Waals surface area contributed by atoms with E-state index in [1.165, 1.54) is 5.56 Å². The van der Waals surface area contributed by atoms with Crippen molar-refractivity contribution in [1.82, 2.24) is 14.8 Å². The molecule has 0 aliphatic carbocycles. The fraction of sp³-hybridized carbons (Fsp3) is 0.320. The number of H-pyrrole nitrogens is 1. The molecule has 29 heavy (non-hydrogen) atoms. The Labute approximate surface area is 172 Å². The van der Waals surface area contributed by atoms with Crippen LogP contribution in [0.1, 0.15) is 28.5 Å². The second-order valence-corrected chi connectivity index (χ2v) is 7.86. The van der Waals surface area contributed by atoms with Crippen LogP contribution in [0.5, 0.6) is 0 Å². The lowest BCUT2D eigenvalue weighted by atomic mass is 10.0. The Kier molecular flexibility index (Phi) is 5.93. The van der Waals surface area contributed by atoms with E-state index in [0.717, 1.165) is 54.9 Å². The summed E-state index contributed by atoms with van der Waals surface area (Å²) in [6.07, 6.45) is 4.41. The van der Waals surface area contributed by atoms with Gasteiger partial charge < -0.3 is 4.98 Å². The van der Waals surface area contributed by atoms with Crippen molar-refractivity contribution in [2.75, 3.05) is 32.7 Å². The quantitative estimate of drug-likeness (QED) is 0.638. The predicted octanol–water partition coefficient (Wildman–Crippen LogP) is 4.38. The summed E-state index contributed by atoms with van der Waals surface area (Å²) in [6, 6.07) is 18.4. The summed E-state index contributed by atoms with van der Waals surface area (Å²) in [5.41, 5.74) is 4.09. The molecular weight excluding hydrogens is 358 g/mol. The van der Waals surface area contributed by atoms with Crippen molar-refractivity contribution >= 4 is 22.8 Å². The van der Waals surface area contributed by atoms with E-state index in [4.69, 9.17) is 0 Å². The van der Waals surface area contributed by atoms with Crippen LogP contribution < -0.4 is 0 Å². The minimum absolute atomic E-state index is 0.102. The van der Waals surface area contributed by atoms with E-state index in [9.17, 15) is 4.79 Å². The van der Waals surface area contributed by atoms with Crippen molar-refractivity contribution in [2.24, 2.45) is 0 Å². The summed E-state index contributed by atoms with van der Waals surface area (Å²) in [7, 11) is 0. The monoisotopic (exact) mass is 387 g/mol. The number of hydrogen-bond donors (Lipinski definition) is 1. The van der Waals surface area contributed by atoms with E-state index in [0.29, 0.717) is 0 Å². The number of aromatic amines is 1. The van der Waals surface area contributed by atoms with Gasteiger partial charge >= 0.3 is 0 Å². The average Bonchev–Trinajstić information content (AvgIpc) is 3.09. The molecule has 1 fully saturated rings. The number of fused-ring (bicyclic) bond motifs is 1. The Morgan fingerprint density at radius 1 is 1.03 bits per heavy atom. The molecule has 0 spiro atoms. The number of carbonyl (C=O) groups excluding carboxylic acids is 1. The predicted molar refractivity (Wildman–Crippen MR) is 120 cm³/mol. The third-order valence-electron chi connectivity index (χ3n) is 5.95. The van der Waals surface area contributed by atoms with Crippen molar-refractivity contribution in [3.8, 4) is 0 Å². The average molecular weight is 388 g/mol. The van der Waals surface area contributed by atoms with Crippen LogP contribution in [0.2, 0.25) is 0 Å². The molecule has 0 unspecified atom stereocenters. The van der Waals surface area contributed by atoms with Crippen LogP contribution in [0.3, 0.4) is 0 Å².